The molecule has 1 fully saturated rings. The van der Waals surface area contributed by atoms with Crippen LogP contribution in [-0.2, 0) is 16.0 Å². The predicted octanol–water partition coefficient (Wildman–Crippen LogP) is 3.46. The molecule has 0 spiro atoms. The molecule has 0 amide bonds. The molecule has 170 valence electrons. The molecular formula is C27H28N2O4. The van der Waals surface area contributed by atoms with E-state index in [0.29, 0.717) is 45.3 Å². The van der Waals surface area contributed by atoms with Crippen molar-refractivity contribution in [3.05, 3.63) is 93.9 Å². The number of nitrogens with one attached hydrogen (secondary N) is 1. The summed E-state index contributed by atoms with van der Waals surface area (Å²) >= 11 is 0. The number of hydrogen-bond donors (Lipinski definition) is 1. The Kier molecular flexibility index (Phi) is 7.81. The fourth-order valence-corrected chi connectivity index (χ4v) is 3.59. The highest BCUT2D eigenvalue weighted by Crippen LogP contribution is 2.14. The lowest BCUT2D eigenvalue weighted by Crippen LogP contribution is -2.33. The highest BCUT2D eigenvalue weighted by atomic mass is 16.6. The van der Waals surface area contributed by atoms with Crippen molar-refractivity contribution >= 4 is 5.69 Å². The van der Waals surface area contributed by atoms with Crippen LogP contribution in [0.25, 0.3) is 0 Å². The van der Waals surface area contributed by atoms with Crippen LogP contribution in [-0.4, -0.2) is 43.6 Å². The normalized spacial score (nSPS) is 15.4. The molecule has 4 rings (SSSR count). The molecule has 6 heteroatoms. The van der Waals surface area contributed by atoms with Gasteiger partial charge in [0.25, 0.3) is 5.56 Å². The first-order valence-corrected chi connectivity index (χ1v) is 11.1. The summed E-state index contributed by atoms with van der Waals surface area (Å²) in [5.41, 5.74) is 3.71. The standard InChI is InChI=1S/C27H28N2O4/c1-21-15-25(33-20-26-19-31-13-14-32-26)17-27(30)29(21)18-23-8-5-7-22(16-23)9-6-12-28-24-10-3-2-4-11-24/h2-5,7-8,10-11,15-17,26,28H,12-14,18-20H2,1H3/t26-/m1/s1. The fraction of sp³-hybridized carbons (Fsp3) is 0.296. The molecular weight excluding hydrogens is 416 g/mol. The van der Waals surface area contributed by atoms with Gasteiger partial charge in [0.05, 0.1) is 32.9 Å². The first-order valence-electron chi connectivity index (χ1n) is 11.1. The van der Waals surface area contributed by atoms with Gasteiger partial charge in [-0.1, -0.05) is 42.2 Å². The van der Waals surface area contributed by atoms with E-state index >= 15 is 0 Å². The van der Waals surface area contributed by atoms with Gasteiger partial charge in [-0.3, -0.25) is 4.79 Å². The van der Waals surface area contributed by atoms with Gasteiger partial charge in [0.1, 0.15) is 18.5 Å². The van der Waals surface area contributed by atoms with Crippen LogP contribution < -0.4 is 15.6 Å². The minimum atomic E-state index is -0.103. The average molecular weight is 445 g/mol. The molecule has 1 saturated heterocycles. The maximum absolute atomic E-state index is 12.7. The minimum absolute atomic E-state index is 0.102. The van der Waals surface area contributed by atoms with Crippen LogP contribution in [0.15, 0.2) is 71.5 Å². The van der Waals surface area contributed by atoms with Crippen molar-refractivity contribution in [3.8, 4) is 17.6 Å². The van der Waals surface area contributed by atoms with E-state index in [0.717, 1.165) is 22.5 Å². The summed E-state index contributed by atoms with van der Waals surface area (Å²) in [4.78, 5) is 12.7. The molecule has 2 aromatic carbocycles. The van der Waals surface area contributed by atoms with E-state index in [2.05, 4.69) is 17.2 Å². The number of hydrogen-bond acceptors (Lipinski definition) is 5. The molecule has 0 unspecified atom stereocenters. The molecule has 0 bridgehead atoms. The highest BCUT2D eigenvalue weighted by molar-refractivity contribution is 5.45. The zero-order valence-electron chi connectivity index (χ0n) is 18.8. The minimum Gasteiger partial charge on any atom is -0.491 e. The van der Waals surface area contributed by atoms with E-state index in [1.165, 1.54) is 6.07 Å². The van der Waals surface area contributed by atoms with Crippen molar-refractivity contribution < 1.29 is 14.2 Å². The summed E-state index contributed by atoms with van der Waals surface area (Å²) in [5.74, 6) is 6.88. The van der Waals surface area contributed by atoms with Gasteiger partial charge in [0, 0.05) is 23.0 Å². The van der Waals surface area contributed by atoms with Crippen molar-refractivity contribution in [3.63, 3.8) is 0 Å². The zero-order valence-corrected chi connectivity index (χ0v) is 18.8. The Balaban J connectivity index is 1.37. The number of benzene rings is 2. The third-order valence-electron chi connectivity index (χ3n) is 5.28. The molecule has 6 nitrogen and oxygen atoms in total. The molecule has 1 atom stereocenters. The van der Waals surface area contributed by atoms with Crippen LogP contribution in [0.2, 0.25) is 0 Å². The Labute approximate surface area is 194 Å². The first kappa shape index (κ1) is 22.7. The second-order valence-electron chi connectivity index (χ2n) is 7.86. The van der Waals surface area contributed by atoms with E-state index in [1.54, 1.807) is 4.57 Å². The number of nitrogens with zero attached hydrogens (tertiary/aromatic N) is 1. The van der Waals surface area contributed by atoms with Crippen LogP contribution in [0.1, 0.15) is 16.8 Å². The van der Waals surface area contributed by atoms with E-state index in [1.807, 2.05) is 67.6 Å². The number of para-hydroxylation sites is 1. The molecule has 1 aliphatic rings. The highest BCUT2D eigenvalue weighted by Gasteiger charge is 2.15. The molecule has 2 heterocycles. The third kappa shape index (κ3) is 6.72. The van der Waals surface area contributed by atoms with Crippen LogP contribution in [0, 0.1) is 18.8 Å². The van der Waals surface area contributed by atoms with Gasteiger partial charge in [-0.2, -0.15) is 0 Å². The zero-order chi connectivity index (χ0) is 22.9. The van der Waals surface area contributed by atoms with Crippen molar-refractivity contribution in [2.45, 2.75) is 19.6 Å². The van der Waals surface area contributed by atoms with Gasteiger partial charge >= 0.3 is 0 Å². The number of pyridine rings is 1. The summed E-state index contributed by atoms with van der Waals surface area (Å²) < 4.78 is 18.5. The van der Waals surface area contributed by atoms with Crippen molar-refractivity contribution in [1.82, 2.24) is 4.57 Å². The molecule has 0 radical (unpaired) electrons. The predicted molar refractivity (Wildman–Crippen MR) is 129 cm³/mol. The summed E-state index contributed by atoms with van der Waals surface area (Å²) in [6, 6.07) is 21.3. The lowest BCUT2D eigenvalue weighted by Gasteiger charge is -2.23. The molecule has 0 aliphatic carbocycles. The molecule has 1 N–H and O–H groups in total. The van der Waals surface area contributed by atoms with Gasteiger partial charge in [-0.15, -0.1) is 0 Å². The lowest BCUT2D eigenvalue weighted by molar-refractivity contribution is -0.101. The maximum atomic E-state index is 12.7. The smallest absolute Gasteiger partial charge is 0.254 e. The van der Waals surface area contributed by atoms with Crippen LogP contribution in [0.3, 0.4) is 0 Å². The summed E-state index contributed by atoms with van der Waals surface area (Å²) in [5, 5.41) is 3.27. The number of rotatable bonds is 7. The quantitative estimate of drug-likeness (QED) is 0.566. The largest absolute Gasteiger partial charge is 0.491 e. The van der Waals surface area contributed by atoms with E-state index in [4.69, 9.17) is 14.2 Å². The number of anilines is 1. The number of aromatic nitrogens is 1. The lowest BCUT2D eigenvalue weighted by atomic mass is 10.1. The summed E-state index contributed by atoms with van der Waals surface area (Å²) in [6.45, 7) is 5.01. The number of aryl methyl sites for hydroxylation is 1. The second-order valence-corrected chi connectivity index (χ2v) is 7.86. The van der Waals surface area contributed by atoms with Crippen molar-refractivity contribution in [2.24, 2.45) is 0 Å². The molecule has 0 saturated carbocycles. The summed E-state index contributed by atoms with van der Waals surface area (Å²) in [7, 11) is 0. The van der Waals surface area contributed by atoms with E-state index in [-0.39, 0.29) is 11.7 Å². The fourth-order valence-electron chi connectivity index (χ4n) is 3.59. The number of ether oxygens (including phenoxy) is 3. The topological polar surface area (TPSA) is 61.7 Å². The van der Waals surface area contributed by atoms with E-state index in [9.17, 15) is 4.79 Å². The van der Waals surface area contributed by atoms with Crippen LogP contribution >= 0.6 is 0 Å². The van der Waals surface area contributed by atoms with E-state index < -0.39 is 0 Å². The van der Waals surface area contributed by atoms with Crippen LogP contribution in [0.5, 0.6) is 5.75 Å². The monoisotopic (exact) mass is 444 g/mol. The maximum Gasteiger partial charge on any atom is 0.254 e. The van der Waals surface area contributed by atoms with Crippen molar-refractivity contribution in [2.75, 3.05) is 38.3 Å². The second kappa shape index (κ2) is 11.4. The average Bonchev–Trinajstić information content (AvgIpc) is 2.84. The molecule has 1 aliphatic heterocycles. The van der Waals surface area contributed by atoms with Gasteiger partial charge in [-0.05, 0) is 42.8 Å². The third-order valence-corrected chi connectivity index (χ3v) is 5.28. The molecule has 33 heavy (non-hydrogen) atoms. The Morgan fingerprint density at radius 2 is 1.97 bits per heavy atom. The Morgan fingerprint density at radius 1 is 1.09 bits per heavy atom. The Morgan fingerprint density at radius 3 is 2.76 bits per heavy atom. The molecule has 3 aromatic rings. The van der Waals surface area contributed by atoms with Gasteiger partial charge in [0.15, 0.2) is 0 Å². The van der Waals surface area contributed by atoms with Crippen LogP contribution in [0.4, 0.5) is 5.69 Å². The Bertz CT molecular complexity index is 1170. The van der Waals surface area contributed by atoms with Gasteiger partial charge < -0.3 is 24.1 Å². The summed E-state index contributed by atoms with van der Waals surface area (Å²) in [6.07, 6.45) is -0.103. The van der Waals surface area contributed by atoms with Crippen molar-refractivity contribution in [1.29, 1.82) is 0 Å². The Hall–Kier alpha value is -3.53. The van der Waals surface area contributed by atoms with Gasteiger partial charge in [-0.25, -0.2) is 0 Å². The van der Waals surface area contributed by atoms with Gasteiger partial charge in [0.2, 0.25) is 0 Å². The molecule has 1 aromatic heterocycles. The first-order chi connectivity index (χ1) is 16.2. The SMILES string of the molecule is Cc1cc(OC[C@H]2COCCO2)cc(=O)n1Cc1cccc(C#CCNc2ccccc2)c1.